The van der Waals surface area contributed by atoms with Crippen LogP contribution in [0.3, 0.4) is 0 Å². The Balaban J connectivity index is 0.995. The number of hydrogen-bond donors (Lipinski definition) is 3. The van der Waals surface area contributed by atoms with Gasteiger partial charge in [-0.05, 0) is 59.9 Å². The molecule has 1 unspecified atom stereocenters. The molecule has 0 fully saturated rings. The minimum absolute atomic E-state index is 0.0598. The van der Waals surface area contributed by atoms with Crippen LogP contribution in [0, 0.1) is 0 Å². The van der Waals surface area contributed by atoms with Crippen LogP contribution in [0.4, 0.5) is 21.9 Å². The second kappa shape index (κ2) is 17.9. The van der Waals surface area contributed by atoms with Crippen LogP contribution in [-0.4, -0.2) is 88.6 Å². The first-order valence-corrected chi connectivity index (χ1v) is 19.5. The predicted octanol–water partition coefficient (Wildman–Crippen LogP) is 6.47. The van der Waals surface area contributed by atoms with E-state index in [0.717, 1.165) is 22.3 Å². The van der Waals surface area contributed by atoms with Crippen molar-refractivity contribution in [3.8, 4) is 22.6 Å². The lowest BCUT2D eigenvalue weighted by atomic mass is 9.92. The van der Waals surface area contributed by atoms with Crippen molar-refractivity contribution in [1.29, 1.82) is 0 Å². The number of hydrogen-bond acceptors (Lipinski definition) is 9. The molecule has 316 valence electrons. The number of anilines is 3. The summed E-state index contributed by atoms with van der Waals surface area (Å²) in [6.45, 7) is 4.00. The van der Waals surface area contributed by atoms with Crippen molar-refractivity contribution in [3.05, 3.63) is 126 Å². The van der Waals surface area contributed by atoms with Gasteiger partial charge in [0, 0.05) is 63.9 Å². The largest absolute Gasteiger partial charge is 0.493 e. The van der Waals surface area contributed by atoms with Crippen molar-refractivity contribution in [1.82, 2.24) is 14.0 Å². The lowest BCUT2D eigenvalue weighted by molar-refractivity contribution is -0.116. The number of benzene rings is 3. The van der Waals surface area contributed by atoms with Crippen molar-refractivity contribution in [2.45, 2.75) is 38.1 Å². The van der Waals surface area contributed by atoms with Gasteiger partial charge in [-0.15, -0.1) is 0 Å². The normalized spacial score (nSPS) is 15.4. The summed E-state index contributed by atoms with van der Waals surface area (Å²) < 4.78 is 26.4. The zero-order valence-electron chi connectivity index (χ0n) is 34.2. The molecule has 0 spiro atoms. The quantitative estimate of drug-likeness (QED) is 0.0829. The summed E-state index contributed by atoms with van der Waals surface area (Å²) in [5.74, 6) is -1.52. The molecule has 2 atom stereocenters. The lowest BCUT2D eigenvalue weighted by Crippen LogP contribution is -2.56. The van der Waals surface area contributed by atoms with Gasteiger partial charge in [0.15, 0.2) is 17.7 Å². The highest BCUT2D eigenvalue weighted by molar-refractivity contribution is 6.06. The Bertz CT molecular complexity index is 2510. The van der Waals surface area contributed by atoms with Gasteiger partial charge in [0.25, 0.3) is 11.8 Å². The first-order chi connectivity index (χ1) is 29.4. The molecular weight excluding hydrogens is 785 g/mol. The Kier molecular flexibility index (Phi) is 12.3. The molecule has 0 saturated carbocycles. The second-order valence-electron chi connectivity index (χ2n) is 14.6. The van der Waals surface area contributed by atoms with Crippen LogP contribution >= 0.6 is 0 Å². The Labute approximate surface area is 351 Å². The van der Waals surface area contributed by atoms with Gasteiger partial charge in [-0.1, -0.05) is 49.1 Å². The minimum Gasteiger partial charge on any atom is -0.493 e. The number of ether oxygens (including phenoxy) is 4. The van der Waals surface area contributed by atoms with Crippen molar-refractivity contribution < 1.29 is 48.0 Å². The third-order valence-electron chi connectivity index (χ3n) is 10.7. The topological polar surface area (TPSA) is 183 Å². The molecule has 0 saturated heterocycles. The van der Waals surface area contributed by atoms with Gasteiger partial charge in [0.2, 0.25) is 5.91 Å². The van der Waals surface area contributed by atoms with E-state index in [1.54, 1.807) is 84.5 Å². The van der Waals surface area contributed by atoms with E-state index in [9.17, 15) is 29.1 Å². The summed E-state index contributed by atoms with van der Waals surface area (Å²) >= 11 is 0. The lowest BCUT2D eigenvalue weighted by Gasteiger charge is -2.41. The molecule has 5 aromatic rings. The predicted molar refractivity (Wildman–Crippen MR) is 226 cm³/mol. The Hall–Kier alpha value is -7.33. The zero-order chi connectivity index (χ0) is 43.4. The molecule has 61 heavy (non-hydrogen) atoms. The van der Waals surface area contributed by atoms with Crippen molar-refractivity contribution in [3.63, 3.8) is 0 Å². The third-order valence-corrected chi connectivity index (χ3v) is 10.7. The van der Waals surface area contributed by atoms with Gasteiger partial charge in [-0.2, -0.15) is 0 Å². The maximum Gasteiger partial charge on any atom is 0.416 e. The van der Waals surface area contributed by atoms with Crippen LogP contribution in [0.5, 0.6) is 11.5 Å². The number of aromatic nitrogens is 2. The van der Waals surface area contributed by atoms with E-state index in [-0.39, 0.29) is 65.8 Å². The Morgan fingerprint density at radius 3 is 2.30 bits per heavy atom. The number of carboxylic acids is 1. The third kappa shape index (κ3) is 8.70. The number of carbonyl (C=O) groups excluding carboxylic acids is 4. The smallest absolute Gasteiger partial charge is 0.416 e. The molecule has 16 nitrogen and oxygen atoms in total. The van der Waals surface area contributed by atoms with Crippen LogP contribution in [0.15, 0.2) is 97.8 Å². The number of nitrogens with zero attached hydrogens (tertiary/aromatic N) is 4. The van der Waals surface area contributed by atoms with E-state index in [0.29, 0.717) is 36.5 Å². The van der Waals surface area contributed by atoms with Crippen LogP contribution < -0.4 is 25.0 Å². The molecule has 7 rings (SSSR count). The second-order valence-corrected chi connectivity index (χ2v) is 14.6. The number of nitrogens with one attached hydrogen (secondary N) is 2. The number of rotatable bonds is 14. The molecule has 0 aliphatic carbocycles. The summed E-state index contributed by atoms with van der Waals surface area (Å²) in [5, 5.41) is 15.0. The van der Waals surface area contributed by atoms with E-state index in [4.69, 9.17) is 18.9 Å². The highest BCUT2D eigenvalue weighted by Crippen LogP contribution is 2.42. The molecule has 4 heterocycles. The van der Waals surface area contributed by atoms with Gasteiger partial charge in [0.1, 0.15) is 18.0 Å². The fourth-order valence-corrected chi connectivity index (χ4v) is 7.72. The number of amides is 4. The summed E-state index contributed by atoms with van der Waals surface area (Å²) in [6.07, 6.45) is 3.99. The van der Waals surface area contributed by atoms with Crippen LogP contribution in [0.1, 0.15) is 55.3 Å². The fraction of sp³-hybridized carbons (Fsp3) is 0.267. The molecule has 2 aliphatic heterocycles. The van der Waals surface area contributed by atoms with E-state index in [2.05, 4.69) is 17.2 Å². The number of aryl methyl sites for hydroxylation is 2. The Morgan fingerprint density at radius 1 is 0.869 bits per heavy atom. The number of aromatic carboxylic acids is 1. The number of methoxy groups -OCH3 is 2. The first-order valence-electron chi connectivity index (χ1n) is 19.5. The molecule has 0 radical (unpaired) electrons. The average Bonchev–Trinajstić information content (AvgIpc) is 3.81. The standard InChI is InChI=1S/C45H46N6O10/c1-6-17-61-45(57)51-34-23-39(38(58-4)22-33(34)42(54)50-25-29-11-8-7-10-28(29)19-36(50)43(51)59-5)60-18-9-12-40(52)46-32-21-35(49(3)26-32)41(53)47-31-15-13-27(14-16-31)30-20-37(44(55)56)48(2)24-30/h6-8,10-11,13-16,20-24,26,36,43H,1,9,12,17-19,25H2,2-5H3,(H,46,52)(H,47,53)(H,55,56)/t36-,43?/m0/s1. The first kappa shape index (κ1) is 41.8. The van der Waals surface area contributed by atoms with Crippen molar-refractivity contribution in [2.75, 3.05) is 43.0 Å². The van der Waals surface area contributed by atoms with Crippen LogP contribution in [-0.2, 0) is 41.3 Å². The van der Waals surface area contributed by atoms with Gasteiger partial charge in [-0.3, -0.25) is 14.4 Å². The van der Waals surface area contributed by atoms with E-state index < -0.39 is 24.3 Å². The van der Waals surface area contributed by atoms with Gasteiger partial charge < -0.3 is 48.7 Å². The number of carbonyl (C=O) groups is 5. The summed E-state index contributed by atoms with van der Waals surface area (Å²) in [5.41, 5.74) is 5.45. The van der Waals surface area contributed by atoms with E-state index in [1.807, 2.05) is 24.3 Å². The maximum atomic E-state index is 14.3. The van der Waals surface area contributed by atoms with E-state index >= 15 is 0 Å². The molecule has 2 aliphatic rings. The van der Waals surface area contributed by atoms with Crippen molar-refractivity contribution >= 4 is 46.8 Å². The molecular formula is C45H46N6O10. The highest BCUT2D eigenvalue weighted by atomic mass is 16.6. The Morgan fingerprint density at radius 2 is 1.61 bits per heavy atom. The van der Waals surface area contributed by atoms with E-state index in [1.165, 1.54) is 29.8 Å². The summed E-state index contributed by atoms with van der Waals surface area (Å²) in [6, 6.07) is 20.6. The molecule has 0 bridgehead atoms. The average molecular weight is 831 g/mol. The van der Waals surface area contributed by atoms with Crippen molar-refractivity contribution in [2.24, 2.45) is 14.1 Å². The minimum atomic E-state index is -1.02. The fourth-order valence-electron chi connectivity index (χ4n) is 7.72. The van der Waals surface area contributed by atoms with Gasteiger partial charge >= 0.3 is 12.1 Å². The SMILES string of the molecule is C=CCOC(=O)N1c2cc(OCCCC(=O)Nc3cc(C(=O)Nc4ccc(-c5cc(C(=O)O)n(C)c5)cc4)n(C)c3)c(OC)cc2C(=O)N2Cc3ccccc3C[C@H]2C1OC. The molecule has 3 aromatic carbocycles. The zero-order valence-corrected chi connectivity index (χ0v) is 34.2. The molecule has 4 amide bonds. The maximum absolute atomic E-state index is 14.3. The molecule has 3 N–H and O–H groups in total. The van der Waals surface area contributed by atoms with Gasteiger partial charge in [-0.25, -0.2) is 14.5 Å². The monoisotopic (exact) mass is 830 g/mol. The van der Waals surface area contributed by atoms with Gasteiger partial charge in [0.05, 0.1) is 36.7 Å². The summed E-state index contributed by atoms with van der Waals surface area (Å²) in [4.78, 5) is 68.7. The number of fused-ring (bicyclic) bond motifs is 3. The molecule has 2 aromatic heterocycles. The van der Waals surface area contributed by atoms with Crippen LogP contribution in [0.2, 0.25) is 0 Å². The molecule has 16 heteroatoms. The number of carboxylic acid groups (broad SMARTS) is 1. The summed E-state index contributed by atoms with van der Waals surface area (Å²) in [7, 11) is 6.29. The van der Waals surface area contributed by atoms with Crippen LogP contribution in [0.25, 0.3) is 11.1 Å². The highest BCUT2D eigenvalue weighted by Gasteiger charge is 2.46.